The van der Waals surface area contributed by atoms with Gasteiger partial charge in [-0.1, -0.05) is 6.07 Å². The average molecular weight is 272 g/mol. The van der Waals surface area contributed by atoms with Gasteiger partial charge in [0.2, 0.25) is 0 Å². The zero-order chi connectivity index (χ0) is 14.3. The minimum atomic E-state index is -0.515. The van der Waals surface area contributed by atoms with Gasteiger partial charge in [-0.15, -0.1) is 5.10 Å². The summed E-state index contributed by atoms with van der Waals surface area (Å²) in [4.78, 5) is 25.1. The molecule has 3 rings (SSSR count). The standard InChI is InChI=1S/C12H12N6O2/c1-7-3-4-9(17-6-13-15-16-17)5-10(7)18-11(19)8(2)14-12(18)20/h3-6,8H,1-2H3,(H,14,20)/t8-/m0/s1. The number of carbonyl (C=O) groups excluding carboxylic acids is 2. The van der Waals surface area contributed by atoms with Crippen molar-refractivity contribution in [2.24, 2.45) is 0 Å². The molecule has 1 saturated heterocycles. The van der Waals surface area contributed by atoms with Crippen molar-refractivity contribution in [2.75, 3.05) is 4.90 Å². The van der Waals surface area contributed by atoms with Gasteiger partial charge in [0.1, 0.15) is 12.4 Å². The first-order chi connectivity index (χ1) is 9.58. The number of hydrogen-bond donors (Lipinski definition) is 1. The Morgan fingerprint density at radius 3 is 2.70 bits per heavy atom. The first-order valence-electron chi connectivity index (χ1n) is 6.06. The molecular formula is C12H12N6O2. The molecule has 8 heteroatoms. The minimum absolute atomic E-state index is 0.271. The van der Waals surface area contributed by atoms with Crippen LogP contribution in [0.1, 0.15) is 12.5 Å². The van der Waals surface area contributed by atoms with E-state index in [0.717, 1.165) is 10.5 Å². The highest BCUT2D eigenvalue weighted by Crippen LogP contribution is 2.26. The van der Waals surface area contributed by atoms with Crippen LogP contribution in [-0.2, 0) is 4.79 Å². The average Bonchev–Trinajstić information content (AvgIpc) is 3.02. The number of benzene rings is 1. The van der Waals surface area contributed by atoms with E-state index < -0.39 is 12.1 Å². The predicted molar refractivity (Wildman–Crippen MR) is 69.4 cm³/mol. The molecule has 1 aliphatic rings. The SMILES string of the molecule is Cc1ccc(-n2cnnn2)cc1N1C(=O)N[C@@H](C)C1=O. The number of nitrogens with one attached hydrogen (secondary N) is 1. The molecule has 1 atom stereocenters. The number of urea groups is 1. The fourth-order valence-electron chi connectivity index (χ4n) is 2.09. The number of imide groups is 1. The van der Waals surface area contributed by atoms with Crippen molar-refractivity contribution in [1.29, 1.82) is 0 Å². The second-order valence-corrected chi connectivity index (χ2v) is 4.57. The van der Waals surface area contributed by atoms with Crippen molar-refractivity contribution in [3.8, 4) is 5.69 Å². The lowest BCUT2D eigenvalue weighted by Gasteiger charge is -2.16. The maximum atomic E-state index is 12.1. The molecule has 0 radical (unpaired) electrons. The Hall–Kier alpha value is -2.77. The zero-order valence-corrected chi connectivity index (χ0v) is 10.9. The van der Waals surface area contributed by atoms with Crippen LogP contribution in [0.25, 0.3) is 5.69 Å². The third-order valence-electron chi connectivity index (χ3n) is 3.18. The number of carbonyl (C=O) groups is 2. The van der Waals surface area contributed by atoms with E-state index in [1.165, 1.54) is 11.0 Å². The fourth-order valence-corrected chi connectivity index (χ4v) is 2.09. The maximum absolute atomic E-state index is 12.1. The van der Waals surface area contributed by atoms with Crippen LogP contribution >= 0.6 is 0 Å². The maximum Gasteiger partial charge on any atom is 0.329 e. The molecule has 102 valence electrons. The molecule has 0 spiro atoms. The van der Waals surface area contributed by atoms with Crippen LogP contribution < -0.4 is 10.2 Å². The number of anilines is 1. The summed E-state index contributed by atoms with van der Waals surface area (Å²) in [5.41, 5.74) is 2.03. The number of aromatic nitrogens is 4. The van der Waals surface area contributed by atoms with Gasteiger partial charge in [-0.05, 0) is 42.0 Å². The van der Waals surface area contributed by atoms with Crippen LogP contribution in [0.15, 0.2) is 24.5 Å². The van der Waals surface area contributed by atoms with Gasteiger partial charge in [-0.25, -0.2) is 14.4 Å². The van der Waals surface area contributed by atoms with Crippen LogP contribution in [0.2, 0.25) is 0 Å². The summed E-state index contributed by atoms with van der Waals surface area (Å²) < 4.78 is 1.46. The molecular weight excluding hydrogens is 260 g/mol. The summed E-state index contributed by atoms with van der Waals surface area (Å²) in [5.74, 6) is -0.271. The number of aryl methyl sites for hydroxylation is 1. The molecule has 1 aliphatic heterocycles. The molecule has 0 bridgehead atoms. The molecule has 1 fully saturated rings. The zero-order valence-electron chi connectivity index (χ0n) is 10.9. The third-order valence-corrected chi connectivity index (χ3v) is 3.18. The van der Waals surface area contributed by atoms with Gasteiger partial charge >= 0.3 is 6.03 Å². The summed E-state index contributed by atoms with van der Waals surface area (Å²) in [6.07, 6.45) is 1.45. The number of nitrogens with zero attached hydrogens (tertiary/aromatic N) is 5. The monoisotopic (exact) mass is 272 g/mol. The van der Waals surface area contributed by atoms with Crippen LogP contribution in [-0.4, -0.2) is 38.2 Å². The van der Waals surface area contributed by atoms with Gasteiger partial charge in [0.05, 0.1) is 11.4 Å². The van der Waals surface area contributed by atoms with E-state index in [0.29, 0.717) is 11.4 Å². The lowest BCUT2D eigenvalue weighted by Crippen LogP contribution is -2.31. The second-order valence-electron chi connectivity index (χ2n) is 4.57. The number of amides is 3. The van der Waals surface area contributed by atoms with E-state index in [1.807, 2.05) is 19.1 Å². The second kappa shape index (κ2) is 4.41. The lowest BCUT2D eigenvalue weighted by molar-refractivity contribution is -0.117. The van der Waals surface area contributed by atoms with Gasteiger partial charge < -0.3 is 5.32 Å². The Morgan fingerprint density at radius 1 is 1.30 bits per heavy atom. The molecule has 8 nitrogen and oxygen atoms in total. The van der Waals surface area contributed by atoms with Crippen molar-refractivity contribution in [3.05, 3.63) is 30.1 Å². The van der Waals surface area contributed by atoms with E-state index in [-0.39, 0.29) is 5.91 Å². The first kappa shape index (κ1) is 12.3. The summed E-state index contributed by atoms with van der Waals surface area (Å²) in [6, 6.07) is 4.41. The smallest absolute Gasteiger partial charge is 0.326 e. The highest BCUT2D eigenvalue weighted by atomic mass is 16.2. The molecule has 1 N–H and O–H groups in total. The topological polar surface area (TPSA) is 93.0 Å². The van der Waals surface area contributed by atoms with Crippen LogP contribution in [0, 0.1) is 6.92 Å². The Bertz CT molecular complexity index is 681. The number of rotatable bonds is 2. The Balaban J connectivity index is 2.07. The quantitative estimate of drug-likeness (QED) is 0.799. The summed E-state index contributed by atoms with van der Waals surface area (Å²) in [5, 5.41) is 13.5. The van der Waals surface area contributed by atoms with Crippen LogP contribution in [0.3, 0.4) is 0 Å². The molecule has 0 aliphatic carbocycles. The lowest BCUT2D eigenvalue weighted by atomic mass is 10.1. The number of tetrazole rings is 1. The largest absolute Gasteiger partial charge is 0.329 e. The van der Waals surface area contributed by atoms with Crippen LogP contribution in [0.4, 0.5) is 10.5 Å². The van der Waals surface area contributed by atoms with Crippen LogP contribution in [0.5, 0.6) is 0 Å². The van der Waals surface area contributed by atoms with Gasteiger partial charge in [0.25, 0.3) is 5.91 Å². The highest BCUT2D eigenvalue weighted by molar-refractivity contribution is 6.21. The van der Waals surface area contributed by atoms with E-state index >= 15 is 0 Å². The van der Waals surface area contributed by atoms with Gasteiger partial charge in [-0.2, -0.15) is 0 Å². The molecule has 1 aromatic heterocycles. The fraction of sp³-hybridized carbons (Fsp3) is 0.250. The van der Waals surface area contributed by atoms with Crippen molar-refractivity contribution < 1.29 is 9.59 Å². The molecule has 20 heavy (non-hydrogen) atoms. The van der Waals surface area contributed by atoms with Gasteiger partial charge in [-0.3, -0.25) is 4.79 Å². The summed E-state index contributed by atoms with van der Waals surface area (Å²) in [6.45, 7) is 3.49. The first-order valence-corrected chi connectivity index (χ1v) is 6.06. The highest BCUT2D eigenvalue weighted by Gasteiger charge is 2.36. The molecule has 3 amide bonds. The van der Waals surface area contributed by atoms with Crippen molar-refractivity contribution in [3.63, 3.8) is 0 Å². The van der Waals surface area contributed by atoms with Crippen molar-refractivity contribution in [2.45, 2.75) is 19.9 Å². The molecule has 2 heterocycles. The van der Waals surface area contributed by atoms with Gasteiger partial charge in [0, 0.05) is 0 Å². The Morgan fingerprint density at radius 2 is 2.10 bits per heavy atom. The third kappa shape index (κ3) is 1.81. The summed E-state index contributed by atoms with van der Waals surface area (Å²) >= 11 is 0. The van der Waals surface area contributed by atoms with Crippen molar-refractivity contribution >= 4 is 17.6 Å². The molecule has 1 aromatic carbocycles. The molecule has 0 saturated carbocycles. The number of hydrogen-bond acceptors (Lipinski definition) is 5. The van der Waals surface area contributed by atoms with E-state index in [9.17, 15) is 9.59 Å². The van der Waals surface area contributed by atoms with E-state index in [1.54, 1.807) is 13.0 Å². The van der Waals surface area contributed by atoms with E-state index in [2.05, 4.69) is 20.8 Å². The molecule has 0 unspecified atom stereocenters. The Labute approximate surface area is 114 Å². The molecule has 2 aromatic rings. The van der Waals surface area contributed by atoms with Crippen molar-refractivity contribution in [1.82, 2.24) is 25.5 Å². The summed E-state index contributed by atoms with van der Waals surface area (Å²) in [7, 11) is 0. The predicted octanol–water partition coefficient (Wildman–Crippen LogP) is 0.415. The van der Waals surface area contributed by atoms with E-state index in [4.69, 9.17) is 0 Å². The Kier molecular flexibility index (Phi) is 2.70. The normalized spacial score (nSPS) is 18.5. The minimum Gasteiger partial charge on any atom is -0.326 e. The van der Waals surface area contributed by atoms with Gasteiger partial charge in [0.15, 0.2) is 0 Å².